The van der Waals surface area contributed by atoms with Gasteiger partial charge in [0.2, 0.25) is 4.96 Å². The second kappa shape index (κ2) is 5.59. The van der Waals surface area contributed by atoms with E-state index in [4.69, 9.17) is 5.10 Å². The molecule has 0 atom stereocenters. The monoisotopic (exact) mass is 395 g/mol. The minimum atomic E-state index is -0.344. The van der Waals surface area contributed by atoms with Crippen molar-refractivity contribution in [1.29, 1.82) is 0 Å². The molecule has 2 aromatic heterocycles. The standard InChI is InChI=1S/C20H21N5O2S/c1-11-4-15(2-3-16(11)25(26)27)17-23-24-18(21-22-19(24)28-17)20-8-12-5-13(9-20)7-14(6-12)10-20/h2-4,12-14H,5-10H2,1H3. The summed E-state index contributed by atoms with van der Waals surface area (Å²) in [4.78, 5) is 11.6. The van der Waals surface area contributed by atoms with Crippen LogP contribution in [0.4, 0.5) is 5.69 Å². The third-order valence-corrected chi connectivity index (χ3v) is 8.09. The Morgan fingerprint density at radius 3 is 2.43 bits per heavy atom. The average molecular weight is 395 g/mol. The van der Waals surface area contributed by atoms with E-state index < -0.39 is 0 Å². The highest BCUT2D eigenvalue weighted by molar-refractivity contribution is 7.19. The second-order valence-electron chi connectivity index (χ2n) is 9.08. The van der Waals surface area contributed by atoms with Crippen LogP contribution in [0.3, 0.4) is 0 Å². The van der Waals surface area contributed by atoms with Crippen LogP contribution in [0.1, 0.15) is 49.9 Å². The lowest BCUT2D eigenvalue weighted by molar-refractivity contribution is -0.385. The van der Waals surface area contributed by atoms with Crippen molar-refractivity contribution in [1.82, 2.24) is 19.8 Å². The van der Waals surface area contributed by atoms with Crippen molar-refractivity contribution in [2.75, 3.05) is 0 Å². The maximum absolute atomic E-state index is 11.1. The molecule has 2 heterocycles. The van der Waals surface area contributed by atoms with Crippen molar-refractivity contribution in [2.24, 2.45) is 17.8 Å². The molecular weight excluding hydrogens is 374 g/mol. The van der Waals surface area contributed by atoms with Crippen LogP contribution in [0.5, 0.6) is 0 Å². The first kappa shape index (κ1) is 16.6. The molecule has 28 heavy (non-hydrogen) atoms. The van der Waals surface area contributed by atoms with Crippen LogP contribution in [-0.4, -0.2) is 24.7 Å². The van der Waals surface area contributed by atoms with Gasteiger partial charge >= 0.3 is 0 Å². The summed E-state index contributed by atoms with van der Waals surface area (Å²) >= 11 is 1.51. The Morgan fingerprint density at radius 2 is 1.82 bits per heavy atom. The molecule has 3 aromatic rings. The summed E-state index contributed by atoms with van der Waals surface area (Å²) in [6.07, 6.45) is 7.86. The molecule has 0 aliphatic heterocycles. The molecule has 0 unspecified atom stereocenters. The third-order valence-electron chi connectivity index (χ3n) is 7.14. The number of fused-ring (bicyclic) bond motifs is 1. The predicted molar refractivity (Wildman–Crippen MR) is 105 cm³/mol. The number of nitro benzene ring substituents is 1. The van der Waals surface area contributed by atoms with E-state index in [1.54, 1.807) is 19.1 Å². The van der Waals surface area contributed by atoms with Gasteiger partial charge in [0.05, 0.1) is 4.92 Å². The summed E-state index contributed by atoms with van der Waals surface area (Å²) in [6, 6.07) is 5.18. The fraction of sp³-hybridized carbons (Fsp3) is 0.550. The summed E-state index contributed by atoms with van der Waals surface area (Å²) in [6.45, 7) is 1.77. The molecular formula is C20H21N5O2S. The predicted octanol–water partition coefficient (Wildman–Crippen LogP) is 4.54. The lowest BCUT2D eigenvalue weighted by Crippen LogP contribution is -2.49. The Kier molecular flexibility index (Phi) is 3.31. The summed E-state index contributed by atoms with van der Waals surface area (Å²) < 4.78 is 1.96. The Bertz CT molecular complexity index is 1080. The van der Waals surface area contributed by atoms with E-state index >= 15 is 0 Å². The number of hydrogen-bond acceptors (Lipinski definition) is 6. The molecule has 4 saturated carbocycles. The van der Waals surface area contributed by atoms with Crippen LogP contribution in [0.2, 0.25) is 0 Å². The first-order chi connectivity index (χ1) is 13.5. The maximum atomic E-state index is 11.1. The van der Waals surface area contributed by atoms with Gasteiger partial charge in [0.25, 0.3) is 5.69 Å². The molecule has 144 valence electrons. The number of benzene rings is 1. The first-order valence-electron chi connectivity index (χ1n) is 9.99. The van der Waals surface area contributed by atoms with Crippen molar-refractivity contribution in [3.8, 4) is 10.6 Å². The number of nitro groups is 1. The van der Waals surface area contributed by atoms with E-state index in [2.05, 4.69) is 10.2 Å². The minimum Gasteiger partial charge on any atom is -0.258 e. The number of rotatable bonds is 3. The van der Waals surface area contributed by atoms with E-state index in [-0.39, 0.29) is 16.0 Å². The molecule has 1 aromatic carbocycles. The molecule has 0 spiro atoms. The van der Waals surface area contributed by atoms with Crippen LogP contribution in [0.25, 0.3) is 15.5 Å². The van der Waals surface area contributed by atoms with Crippen LogP contribution in [-0.2, 0) is 5.41 Å². The van der Waals surface area contributed by atoms with Gasteiger partial charge in [-0.25, -0.2) is 0 Å². The largest absolute Gasteiger partial charge is 0.272 e. The Labute approximate surface area is 165 Å². The van der Waals surface area contributed by atoms with Crippen molar-refractivity contribution in [3.05, 3.63) is 39.7 Å². The summed E-state index contributed by atoms with van der Waals surface area (Å²) in [7, 11) is 0. The number of nitrogens with zero attached hydrogens (tertiary/aromatic N) is 5. The van der Waals surface area contributed by atoms with Crippen molar-refractivity contribution in [3.63, 3.8) is 0 Å². The Hall–Kier alpha value is -2.35. The molecule has 8 heteroatoms. The van der Waals surface area contributed by atoms with Crippen molar-refractivity contribution < 1.29 is 4.92 Å². The van der Waals surface area contributed by atoms with Crippen molar-refractivity contribution >= 4 is 22.0 Å². The second-order valence-corrected chi connectivity index (χ2v) is 10.0. The number of hydrogen-bond donors (Lipinski definition) is 0. The molecule has 7 rings (SSSR count). The quantitative estimate of drug-likeness (QED) is 0.480. The normalized spacial score (nSPS) is 31.0. The molecule has 4 aliphatic rings. The zero-order valence-corrected chi connectivity index (χ0v) is 16.5. The van der Waals surface area contributed by atoms with Gasteiger partial charge in [-0.2, -0.15) is 9.61 Å². The topological polar surface area (TPSA) is 86.2 Å². The van der Waals surface area contributed by atoms with Gasteiger partial charge in [0.15, 0.2) is 5.82 Å². The van der Waals surface area contributed by atoms with Gasteiger partial charge in [-0.1, -0.05) is 11.3 Å². The molecule has 4 bridgehead atoms. The fourth-order valence-corrected chi connectivity index (χ4v) is 7.28. The minimum absolute atomic E-state index is 0.140. The molecule has 0 amide bonds. The molecule has 7 nitrogen and oxygen atoms in total. The number of aryl methyl sites for hydroxylation is 1. The highest BCUT2D eigenvalue weighted by Crippen LogP contribution is 2.60. The van der Waals surface area contributed by atoms with Crippen molar-refractivity contribution in [2.45, 2.75) is 50.9 Å². The van der Waals surface area contributed by atoms with E-state index in [0.717, 1.165) is 39.1 Å². The highest BCUT2D eigenvalue weighted by atomic mass is 32.1. The van der Waals surface area contributed by atoms with Gasteiger partial charge in [-0.3, -0.25) is 10.1 Å². The lowest BCUT2D eigenvalue weighted by Gasteiger charge is -2.55. The van der Waals surface area contributed by atoms with Crippen LogP contribution >= 0.6 is 11.3 Å². The summed E-state index contributed by atoms with van der Waals surface area (Å²) in [5.74, 6) is 3.57. The first-order valence-corrected chi connectivity index (χ1v) is 10.8. The smallest absolute Gasteiger partial charge is 0.258 e. The molecule has 4 fully saturated rings. The van der Waals surface area contributed by atoms with E-state index in [0.29, 0.717) is 5.56 Å². The lowest BCUT2D eigenvalue weighted by atomic mass is 9.49. The van der Waals surface area contributed by atoms with Gasteiger partial charge in [0, 0.05) is 22.6 Å². The van der Waals surface area contributed by atoms with Crippen LogP contribution in [0.15, 0.2) is 18.2 Å². The number of aromatic nitrogens is 4. The molecule has 4 aliphatic carbocycles. The van der Waals surface area contributed by atoms with E-state index in [1.165, 1.54) is 49.9 Å². The van der Waals surface area contributed by atoms with Crippen LogP contribution in [0, 0.1) is 34.8 Å². The van der Waals surface area contributed by atoms with Gasteiger partial charge in [-0.05, 0) is 75.3 Å². The summed E-state index contributed by atoms with van der Waals surface area (Å²) in [5, 5.41) is 25.8. The molecule has 0 N–H and O–H groups in total. The zero-order chi connectivity index (χ0) is 19.0. The maximum Gasteiger partial charge on any atom is 0.272 e. The van der Waals surface area contributed by atoms with Crippen LogP contribution < -0.4 is 0 Å². The SMILES string of the molecule is Cc1cc(-c2nn3c(C45CC6CC(CC(C6)C4)C5)nnc3s2)ccc1[N+](=O)[O-]. The molecule has 0 saturated heterocycles. The average Bonchev–Trinajstić information content (AvgIpc) is 3.20. The Balaban J connectivity index is 1.42. The highest BCUT2D eigenvalue weighted by Gasteiger charge is 2.54. The zero-order valence-electron chi connectivity index (χ0n) is 15.7. The Morgan fingerprint density at radius 1 is 1.14 bits per heavy atom. The van der Waals surface area contributed by atoms with Gasteiger partial charge in [-0.15, -0.1) is 10.2 Å². The third kappa shape index (κ3) is 2.30. The van der Waals surface area contributed by atoms with E-state index in [1.807, 2.05) is 10.6 Å². The van der Waals surface area contributed by atoms with Gasteiger partial charge in [0.1, 0.15) is 5.01 Å². The summed E-state index contributed by atoms with van der Waals surface area (Å²) in [5.41, 5.74) is 1.83. The fourth-order valence-electron chi connectivity index (χ4n) is 6.44. The van der Waals surface area contributed by atoms with Gasteiger partial charge < -0.3 is 0 Å². The molecule has 0 radical (unpaired) electrons. The van der Waals surface area contributed by atoms with E-state index in [9.17, 15) is 10.1 Å².